The Labute approximate surface area is 120 Å². The van der Waals surface area contributed by atoms with E-state index in [1.165, 1.54) is 12.1 Å². The highest BCUT2D eigenvalue weighted by atomic mass is 79.9. The number of ether oxygens (including phenoxy) is 1. The van der Waals surface area contributed by atoms with Gasteiger partial charge in [-0.25, -0.2) is 4.39 Å². The van der Waals surface area contributed by atoms with Crippen molar-refractivity contribution in [2.75, 3.05) is 19.8 Å². The number of unbranched alkanes of at least 4 members (excludes halogenated alkanes) is 2. The van der Waals surface area contributed by atoms with E-state index in [-0.39, 0.29) is 24.9 Å². The molecule has 6 heteroatoms. The average Bonchev–Trinajstić information content (AvgIpc) is 2.37. The molecule has 1 rings (SSSR count). The second-order valence-corrected chi connectivity index (χ2v) is 4.91. The Kier molecular flexibility index (Phi) is 7.43. The van der Waals surface area contributed by atoms with Gasteiger partial charge in [0.1, 0.15) is 0 Å². The van der Waals surface area contributed by atoms with E-state index in [1.807, 2.05) is 0 Å². The van der Waals surface area contributed by atoms with Gasteiger partial charge in [-0.1, -0.05) is 15.9 Å². The van der Waals surface area contributed by atoms with E-state index < -0.39 is 5.82 Å². The number of amides is 1. The Morgan fingerprint density at radius 2 is 2.16 bits per heavy atom. The smallest absolute Gasteiger partial charge is 0.257 e. The lowest BCUT2D eigenvalue weighted by Gasteiger charge is -2.08. The molecule has 19 heavy (non-hydrogen) atoms. The van der Waals surface area contributed by atoms with Crippen LogP contribution in [0, 0.1) is 5.82 Å². The summed E-state index contributed by atoms with van der Waals surface area (Å²) < 4.78 is 19.1. The van der Waals surface area contributed by atoms with Crippen molar-refractivity contribution in [2.45, 2.75) is 19.3 Å². The van der Waals surface area contributed by atoms with Crippen LogP contribution in [0.1, 0.15) is 19.3 Å². The van der Waals surface area contributed by atoms with Crippen molar-refractivity contribution in [3.63, 3.8) is 0 Å². The van der Waals surface area contributed by atoms with Crippen LogP contribution in [0.15, 0.2) is 22.7 Å². The minimum atomic E-state index is -0.509. The van der Waals surface area contributed by atoms with Gasteiger partial charge in [-0.3, -0.25) is 4.79 Å². The predicted molar refractivity (Wildman–Crippen MR) is 73.5 cm³/mol. The van der Waals surface area contributed by atoms with Crippen LogP contribution in [0.5, 0.6) is 5.75 Å². The molecule has 0 spiro atoms. The van der Waals surface area contributed by atoms with Crippen molar-refractivity contribution in [1.82, 2.24) is 5.32 Å². The van der Waals surface area contributed by atoms with Gasteiger partial charge >= 0.3 is 0 Å². The lowest BCUT2D eigenvalue weighted by atomic mass is 10.2. The maximum absolute atomic E-state index is 13.4. The first-order chi connectivity index (χ1) is 9.13. The molecule has 0 saturated carbocycles. The number of aliphatic hydroxyl groups excluding tert-OH is 1. The van der Waals surface area contributed by atoms with E-state index in [9.17, 15) is 9.18 Å². The number of carbonyl (C=O) groups excluding carboxylic acids is 1. The fourth-order valence-corrected chi connectivity index (χ4v) is 1.76. The first-order valence-electron chi connectivity index (χ1n) is 6.09. The van der Waals surface area contributed by atoms with Gasteiger partial charge in [-0.2, -0.15) is 0 Å². The Balaban J connectivity index is 2.22. The third-order valence-electron chi connectivity index (χ3n) is 2.41. The Morgan fingerprint density at radius 1 is 1.37 bits per heavy atom. The summed E-state index contributed by atoms with van der Waals surface area (Å²) >= 11 is 3.14. The summed E-state index contributed by atoms with van der Waals surface area (Å²) in [6.07, 6.45) is 2.40. The first kappa shape index (κ1) is 15.9. The van der Waals surface area contributed by atoms with Crippen molar-refractivity contribution >= 4 is 21.8 Å². The topological polar surface area (TPSA) is 58.6 Å². The van der Waals surface area contributed by atoms with Gasteiger partial charge in [0.15, 0.2) is 18.2 Å². The minimum Gasteiger partial charge on any atom is -0.481 e. The Hall–Kier alpha value is -1.14. The minimum absolute atomic E-state index is 0.0543. The van der Waals surface area contributed by atoms with E-state index >= 15 is 0 Å². The monoisotopic (exact) mass is 333 g/mol. The lowest BCUT2D eigenvalue weighted by molar-refractivity contribution is -0.123. The molecule has 1 amide bonds. The number of hydrogen-bond donors (Lipinski definition) is 2. The van der Waals surface area contributed by atoms with Gasteiger partial charge in [0.25, 0.3) is 5.91 Å². The second kappa shape index (κ2) is 8.87. The van der Waals surface area contributed by atoms with Crippen LogP contribution in [-0.4, -0.2) is 30.8 Å². The SMILES string of the molecule is O=C(COc1ccc(Br)cc1F)NCCCCCO. The molecule has 0 fully saturated rings. The normalized spacial score (nSPS) is 10.3. The molecule has 1 aromatic rings. The summed E-state index contributed by atoms with van der Waals surface area (Å²) in [5.74, 6) is -0.741. The van der Waals surface area contributed by atoms with Gasteiger partial charge in [0, 0.05) is 17.6 Å². The van der Waals surface area contributed by atoms with E-state index in [0.29, 0.717) is 11.0 Å². The van der Waals surface area contributed by atoms with Crippen molar-refractivity contribution in [3.05, 3.63) is 28.5 Å². The van der Waals surface area contributed by atoms with Crippen LogP contribution < -0.4 is 10.1 Å². The van der Waals surface area contributed by atoms with Crippen molar-refractivity contribution in [3.8, 4) is 5.75 Å². The number of rotatable bonds is 8. The van der Waals surface area contributed by atoms with E-state index in [1.54, 1.807) is 6.07 Å². The number of nitrogens with one attached hydrogen (secondary N) is 1. The highest BCUT2D eigenvalue weighted by Gasteiger charge is 2.06. The fraction of sp³-hybridized carbons (Fsp3) is 0.462. The highest BCUT2D eigenvalue weighted by Crippen LogP contribution is 2.21. The molecule has 0 saturated heterocycles. The zero-order chi connectivity index (χ0) is 14.1. The van der Waals surface area contributed by atoms with Crippen molar-refractivity contribution in [1.29, 1.82) is 0 Å². The summed E-state index contributed by atoms with van der Waals surface area (Å²) in [7, 11) is 0. The van der Waals surface area contributed by atoms with Gasteiger partial charge in [0.2, 0.25) is 0 Å². The number of hydrogen-bond acceptors (Lipinski definition) is 3. The third kappa shape index (κ3) is 6.54. The molecule has 0 unspecified atom stereocenters. The van der Waals surface area contributed by atoms with Crippen LogP contribution in [0.4, 0.5) is 4.39 Å². The molecular weight excluding hydrogens is 317 g/mol. The van der Waals surface area contributed by atoms with Gasteiger partial charge in [0.05, 0.1) is 0 Å². The summed E-state index contributed by atoms with van der Waals surface area (Å²) in [6, 6.07) is 4.39. The third-order valence-corrected chi connectivity index (χ3v) is 2.90. The molecule has 0 aliphatic heterocycles. The summed E-state index contributed by atoms with van der Waals surface area (Å²) in [6.45, 7) is 0.490. The van der Waals surface area contributed by atoms with Crippen LogP contribution in [0.25, 0.3) is 0 Å². The van der Waals surface area contributed by atoms with E-state index in [0.717, 1.165) is 19.3 Å². The zero-order valence-electron chi connectivity index (χ0n) is 10.5. The quantitative estimate of drug-likeness (QED) is 0.717. The van der Waals surface area contributed by atoms with Gasteiger partial charge in [-0.15, -0.1) is 0 Å². The largest absolute Gasteiger partial charge is 0.481 e. The molecule has 0 aliphatic carbocycles. The van der Waals surface area contributed by atoms with Crippen molar-refractivity contribution in [2.24, 2.45) is 0 Å². The van der Waals surface area contributed by atoms with Crippen LogP contribution in [0.3, 0.4) is 0 Å². The molecule has 0 heterocycles. The van der Waals surface area contributed by atoms with E-state index in [4.69, 9.17) is 9.84 Å². The van der Waals surface area contributed by atoms with Crippen LogP contribution in [0.2, 0.25) is 0 Å². The first-order valence-corrected chi connectivity index (χ1v) is 6.88. The maximum atomic E-state index is 13.4. The highest BCUT2D eigenvalue weighted by molar-refractivity contribution is 9.10. The maximum Gasteiger partial charge on any atom is 0.257 e. The van der Waals surface area contributed by atoms with Crippen molar-refractivity contribution < 1.29 is 19.0 Å². The molecule has 0 aromatic heterocycles. The number of benzene rings is 1. The molecule has 1 aromatic carbocycles. The van der Waals surface area contributed by atoms with Gasteiger partial charge < -0.3 is 15.2 Å². The van der Waals surface area contributed by atoms with E-state index in [2.05, 4.69) is 21.2 Å². The molecule has 2 N–H and O–H groups in total. The predicted octanol–water partition coefficient (Wildman–Crippen LogP) is 2.25. The Morgan fingerprint density at radius 3 is 2.84 bits per heavy atom. The van der Waals surface area contributed by atoms with Crippen LogP contribution in [-0.2, 0) is 4.79 Å². The lowest BCUT2D eigenvalue weighted by Crippen LogP contribution is -2.29. The molecule has 4 nitrogen and oxygen atoms in total. The van der Waals surface area contributed by atoms with Gasteiger partial charge in [-0.05, 0) is 37.5 Å². The summed E-state index contributed by atoms with van der Waals surface area (Å²) in [5, 5.41) is 11.2. The second-order valence-electron chi connectivity index (χ2n) is 4.00. The Bertz CT molecular complexity index is 415. The molecule has 0 aliphatic rings. The number of aliphatic hydroxyl groups is 1. The number of halogens is 2. The zero-order valence-corrected chi connectivity index (χ0v) is 12.1. The average molecular weight is 334 g/mol. The fourth-order valence-electron chi connectivity index (χ4n) is 1.43. The molecule has 0 bridgehead atoms. The molecule has 0 atom stereocenters. The summed E-state index contributed by atoms with van der Waals surface area (Å²) in [5.41, 5.74) is 0. The molecular formula is C13H17BrFNO3. The summed E-state index contributed by atoms with van der Waals surface area (Å²) in [4.78, 5) is 11.4. The van der Waals surface area contributed by atoms with Crippen LogP contribution >= 0.6 is 15.9 Å². The number of carbonyl (C=O) groups is 1. The molecule has 0 radical (unpaired) electrons. The standard InChI is InChI=1S/C13H17BrFNO3/c14-10-4-5-12(11(15)8-10)19-9-13(18)16-6-2-1-3-7-17/h4-5,8,17H,1-3,6-7,9H2,(H,16,18). The molecule has 106 valence electrons.